The maximum absolute atomic E-state index is 5.79. The number of guanidine groups is 1. The number of furan rings is 1. The minimum absolute atomic E-state index is 0.159. The van der Waals surface area contributed by atoms with Gasteiger partial charge < -0.3 is 24.5 Å². The molecule has 26 heavy (non-hydrogen) atoms. The Morgan fingerprint density at radius 2 is 2.15 bits per heavy atom. The molecule has 2 N–H and O–H groups in total. The Morgan fingerprint density at radius 1 is 1.35 bits per heavy atom. The Labute approximate surface area is 157 Å². The van der Waals surface area contributed by atoms with Gasteiger partial charge in [0.2, 0.25) is 0 Å². The lowest BCUT2D eigenvalue weighted by Crippen LogP contribution is -2.42. The van der Waals surface area contributed by atoms with Gasteiger partial charge in [-0.1, -0.05) is 0 Å². The first kappa shape index (κ1) is 20.7. The fourth-order valence-corrected chi connectivity index (χ4v) is 2.98. The van der Waals surface area contributed by atoms with Gasteiger partial charge >= 0.3 is 0 Å². The third-order valence-corrected chi connectivity index (χ3v) is 4.63. The van der Waals surface area contributed by atoms with Crippen LogP contribution in [-0.2, 0) is 9.47 Å². The van der Waals surface area contributed by atoms with E-state index in [1.807, 2.05) is 26.2 Å². The van der Waals surface area contributed by atoms with Gasteiger partial charge in [-0.05, 0) is 51.4 Å². The average molecular weight is 367 g/mol. The van der Waals surface area contributed by atoms with Gasteiger partial charge in [-0.2, -0.15) is 0 Å². The number of hydrogen-bond acceptors (Lipinski definition) is 5. The van der Waals surface area contributed by atoms with E-state index in [1.165, 1.54) is 0 Å². The highest BCUT2D eigenvalue weighted by molar-refractivity contribution is 5.79. The van der Waals surface area contributed by atoms with E-state index < -0.39 is 0 Å². The second-order valence-corrected chi connectivity index (χ2v) is 6.86. The van der Waals surface area contributed by atoms with E-state index in [-0.39, 0.29) is 6.04 Å². The Bertz CT molecular complexity index is 499. The first-order valence-electron chi connectivity index (χ1n) is 9.50. The Kier molecular flexibility index (Phi) is 9.52. The topological polar surface area (TPSA) is 71.3 Å². The molecule has 0 amide bonds. The lowest BCUT2D eigenvalue weighted by Gasteiger charge is -2.24. The second kappa shape index (κ2) is 11.9. The summed E-state index contributed by atoms with van der Waals surface area (Å²) in [4.78, 5) is 6.41. The fraction of sp³-hybridized carbons (Fsp3) is 0.737. The summed E-state index contributed by atoms with van der Waals surface area (Å²) in [6, 6.07) is 4.07. The first-order chi connectivity index (χ1) is 12.7. The van der Waals surface area contributed by atoms with Crippen LogP contribution in [0.5, 0.6) is 0 Å². The number of hydrogen-bond donors (Lipinski definition) is 2. The standard InChI is InChI=1S/C19H34N4O3/c1-20-19(22-14-17(23(2)3)18-6-4-11-26-18)21-9-5-10-25-15-16-7-12-24-13-8-16/h4,6,11,16-17H,5,7-10,12-15H2,1-3H3,(H2,20,21,22). The summed E-state index contributed by atoms with van der Waals surface area (Å²) in [6.07, 6.45) is 4.91. The van der Waals surface area contributed by atoms with Gasteiger partial charge in [0.05, 0.1) is 12.3 Å². The van der Waals surface area contributed by atoms with Crippen LogP contribution in [0.1, 0.15) is 31.1 Å². The first-order valence-corrected chi connectivity index (χ1v) is 9.50. The minimum Gasteiger partial charge on any atom is -0.468 e. The number of nitrogens with one attached hydrogen (secondary N) is 2. The molecule has 1 atom stereocenters. The molecule has 1 unspecified atom stereocenters. The van der Waals surface area contributed by atoms with E-state index in [0.717, 1.165) is 70.5 Å². The number of nitrogens with zero attached hydrogens (tertiary/aromatic N) is 2. The monoisotopic (exact) mass is 366 g/mol. The highest BCUT2D eigenvalue weighted by Gasteiger charge is 2.17. The zero-order valence-electron chi connectivity index (χ0n) is 16.4. The van der Waals surface area contributed by atoms with E-state index in [1.54, 1.807) is 13.3 Å². The highest BCUT2D eigenvalue weighted by atomic mass is 16.5. The molecule has 0 aliphatic carbocycles. The Balaban J connectivity index is 1.58. The number of likely N-dealkylation sites (N-methyl/N-ethyl adjacent to an activating group) is 1. The van der Waals surface area contributed by atoms with Gasteiger partial charge in [-0.25, -0.2) is 0 Å². The summed E-state index contributed by atoms with van der Waals surface area (Å²) in [5.74, 6) is 2.41. The molecule has 2 heterocycles. The van der Waals surface area contributed by atoms with Crippen molar-refractivity contribution in [3.05, 3.63) is 24.2 Å². The molecule has 1 aromatic heterocycles. The average Bonchev–Trinajstić information content (AvgIpc) is 3.18. The third kappa shape index (κ3) is 7.35. The molecule has 7 heteroatoms. The molecule has 148 valence electrons. The second-order valence-electron chi connectivity index (χ2n) is 6.86. The third-order valence-electron chi connectivity index (χ3n) is 4.63. The van der Waals surface area contributed by atoms with E-state index >= 15 is 0 Å². The van der Waals surface area contributed by atoms with Crippen LogP contribution in [0.3, 0.4) is 0 Å². The van der Waals surface area contributed by atoms with Crippen molar-refractivity contribution in [2.75, 3.05) is 60.7 Å². The van der Waals surface area contributed by atoms with Crippen LogP contribution in [0.25, 0.3) is 0 Å². The molecule has 1 aliphatic rings. The number of ether oxygens (including phenoxy) is 2. The predicted octanol–water partition coefficient (Wildman–Crippen LogP) is 1.88. The van der Waals surface area contributed by atoms with Crippen molar-refractivity contribution < 1.29 is 13.9 Å². The van der Waals surface area contributed by atoms with Crippen LogP contribution < -0.4 is 10.6 Å². The summed E-state index contributed by atoms with van der Waals surface area (Å²) in [7, 11) is 5.87. The van der Waals surface area contributed by atoms with Crippen molar-refractivity contribution in [3.63, 3.8) is 0 Å². The van der Waals surface area contributed by atoms with Crippen LogP contribution >= 0.6 is 0 Å². The molecule has 2 rings (SSSR count). The van der Waals surface area contributed by atoms with E-state index in [0.29, 0.717) is 5.92 Å². The van der Waals surface area contributed by atoms with Gasteiger partial charge in [-0.3, -0.25) is 9.89 Å². The van der Waals surface area contributed by atoms with E-state index in [9.17, 15) is 0 Å². The summed E-state index contributed by atoms with van der Waals surface area (Å²) < 4.78 is 16.7. The van der Waals surface area contributed by atoms with Crippen LogP contribution in [-0.4, -0.2) is 71.5 Å². The summed E-state index contributed by atoms with van der Waals surface area (Å²) >= 11 is 0. The maximum Gasteiger partial charge on any atom is 0.191 e. The molecule has 1 aromatic rings. The lowest BCUT2D eigenvalue weighted by atomic mass is 10.0. The van der Waals surface area contributed by atoms with Gasteiger partial charge in [0.25, 0.3) is 0 Å². The molecule has 0 bridgehead atoms. The van der Waals surface area contributed by atoms with Crippen molar-refractivity contribution in [2.24, 2.45) is 10.9 Å². The maximum atomic E-state index is 5.79. The zero-order chi connectivity index (χ0) is 18.6. The Hall–Kier alpha value is -1.57. The molecule has 0 spiro atoms. The van der Waals surface area contributed by atoms with Crippen molar-refractivity contribution >= 4 is 5.96 Å². The molecule has 0 radical (unpaired) electrons. The van der Waals surface area contributed by atoms with Crippen LogP contribution in [0.2, 0.25) is 0 Å². The van der Waals surface area contributed by atoms with Crippen molar-refractivity contribution in [3.8, 4) is 0 Å². The fourth-order valence-electron chi connectivity index (χ4n) is 2.98. The zero-order valence-corrected chi connectivity index (χ0v) is 16.4. The molecule has 0 aromatic carbocycles. The summed E-state index contributed by atoms with van der Waals surface area (Å²) in [6.45, 7) is 4.94. The van der Waals surface area contributed by atoms with Gasteiger partial charge in [0, 0.05) is 46.6 Å². The van der Waals surface area contributed by atoms with Crippen LogP contribution in [0.4, 0.5) is 0 Å². The largest absolute Gasteiger partial charge is 0.468 e. The van der Waals surface area contributed by atoms with Crippen molar-refractivity contribution in [1.29, 1.82) is 0 Å². The van der Waals surface area contributed by atoms with Crippen molar-refractivity contribution in [2.45, 2.75) is 25.3 Å². The van der Waals surface area contributed by atoms with Gasteiger partial charge in [0.1, 0.15) is 5.76 Å². The number of rotatable bonds is 10. The molecular formula is C19H34N4O3. The molecular weight excluding hydrogens is 332 g/mol. The number of aliphatic imine (C=N–C) groups is 1. The van der Waals surface area contributed by atoms with E-state index in [2.05, 4.69) is 20.5 Å². The smallest absolute Gasteiger partial charge is 0.191 e. The molecule has 0 saturated carbocycles. The molecule has 1 aliphatic heterocycles. The lowest BCUT2D eigenvalue weighted by molar-refractivity contribution is 0.0203. The molecule has 1 fully saturated rings. The highest BCUT2D eigenvalue weighted by Crippen LogP contribution is 2.17. The quantitative estimate of drug-likeness (QED) is 0.374. The minimum atomic E-state index is 0.159. The predicted molar refractivity (Wildman–Crippen MR) is 103 cm³/mol. The summed E-state index contributed by atoms with van der Waals surface area (Å²) in [5, 5.41) is 6.70. The Morgan fingerprint density at radius 3 is 2.81 bits per heavy atom. The van der Waals surface area contributed by atoms with Gasteiger partial charge in [0.15, 0.2) is 5.96 Å². The molecule has 1 saturated heterocycles. The van der Waals surface area contributed by atoms with E-state index in [4.69, 9.17) is 13.9 Å². The summed E-state index contributed by atoms with van der Waals surface area (Å²) in [5.41, 5.74) is 0. The van der Waals surface area contributed by atoms with Gasteiger partial charge in [-0.15, -0.1) is 0 Å². The van der Waals surface area contributed by atoms with Crippen molar-refractivity contribution in [1.82, 2.24) is 15.5 Å². The van der Waals surface area contributed by atoms with Crippen LogP contribution in [0.15, 0.2) is 27.8 Å². The normalized spacial score (nSPS) is 17.5. The van der Waals surface area contributed by atoms with Crippen LogP contribution in [0, 0.1) is 5.92 Å². The molecule has 7 nitrogen and oxygen atoms in total. The SMILES string of the molecule is CN=C(NCCCOCC1CCOCC1)NCC(c1ccco1)N(C)C.